The van der Waals surface area contributed by atoms with Gasteiger partial charge in [-0.2, -0.15) is 0 Å². The second kappa shape index (κ2) is 23.6. The zero-order valence-electron chi connectivity index (χ0n) is 20.8. The molecule has 0 spiro atoms. The SMILES string of the molecule is CCCC/C=C/CCC(C)CCN(CCC(C)CC/C=C/CCCC)CC(=O)[O-].[Na+]. The average Bonchev–Trinajstić information content (AvgIpc) is 2.69. The third kappa shape index (κ3) is 22.6. The molecular weight excluding hydrogens is 381 g/mol. The Morgan fingerprint density at radius 1 is 0.767 bits per heavy atom. The molecule has 0 amide bonds. The number of hydrogen-bond acceptors (Lipinski definition) is 3. The molecule has 0 fully saturated rings. The van der Waals surface area contributed by atoms with Crippen molar-refractivity contribution in [3.63, 3.8) is 0 Å². The number of allylic oxidation sites excluding steroid dienone is 4. The number of hydrogen-bond donors (Lipinski definition) is 0. The molecule has 0 saturated carbocycles. The number of aliphatic carboxylic acids is 1. The van der Waals surface area contributed by atoms with Crippen LogP contribution in [0.5, 0.6) is 0 Å². The molecule has 0 aliphatic carbocycles. The summed E-state index contributed by atoms with van der Waals surface area (Å²) in [5, 5.41) is 11.1. The van der Waals surface area contributed by atoms with E-state index in [0.29, 0.717) is 11.8 Å². The predicted octanol–water partition coefficient (Wildman–Crippen LogP) is 3.15. The first-order valence-corrected chi connectivity index (χ1v) is 12.2. The van der Waals surface area contributed by atoms with E-state index in [9.17, 15) is 9.90 Å². The van der Waals surface area contributed by atoms with E-state index in [4.69, 9.17) is 0 Å². The van der Waals surface area contributed by atoms with Gasteiger partial charge >= 0.3 is 29.6 Å². The zero-order chi connectivity index (χ0) is 21.7. The van der Waals surface area contributed by atoms with Crippen molar-refractivity contribution in [1.29, 1.82) is 0 Å². The van der Waals surface area contributed by atoms with Crippen LogP contribution in [0.3, 0.4) is 0 Å². The Bertz CT molecular complexity index is 405. The number of carbonyl (C=O) groups excluding carboxylic acids is 1. The molecule has 2 atom stereocenters. The maximum absolute atomic E-state index is 11.1. The standard InChI is InChI=1S/C26H49NO2.Na/c1-5-7-9-11-13-15-17-24(3)19-21-27(23-26(28)29)22-20-25(4)18-16-14-12-10-8-6-2;/h11-14,24-25H,5-10,15-23H2,1-4H3,(H,28,29);/q;+1/p-1/b13-11+,14-12+;. The van der Waals surface area contributed by atoms with E-state index >= 15 is 0 Å². The van der Waals surface area contributed by atoms with Crippen LogP contribution < -0.4 is 34.7 Å². The Morgan fingerprint density at radius 2 is 1.17 bits per heavy atom. The first-order chi connectivity index (χ1) is 14.0. The summed E-state index contributed by atoms with van der Waals surface area (Å²) in [6.45, 7) is 10.8. The first kappa shape index (κ1) is 32.1. The summed E-state index contributed by atoms with van der Waals surface area (Å²) in [5.74, 6) is 0.296. The molecule has 0 N–H and O–H groups in total. The fraction of sp³-hybridized carbons (Fsp3) is 0.808. The van der Waals surface area contributed by atoms with Crippen LogP contribution in [0.25, 0.3) is 0 Å². The molecule has 0 radical (unpaired) electrons. The molecule has 170 valence electrons. The van der Waals surface area contributed by atoms with Crippen molar-refractivity contribution >= 4 is 5.97 Å². The van der Waals surface area contributed by atoms with Crippen LogP contribution in [0, 0.1) is 11.8 Å². The normalized spacial score (nSPS) is 13.8. The Morgan fingerprint density at radius 3 is 1.53 bits per heavy atom. The molecule has 0 bridgehead atoms. The van der Waals surface area contributed by atoms with Crippen LogP contribution in [0.2, 0.25) is 0 Å². The number of carbonyl (C=O) groups is 1. The maximum Gasteiger partial charge on any atom is 1.00 e. The van der Waals surface area contributed by atoms with E-state index in [1.807, 2.05) is 0 Å². The van der Waals surface area contributed by atoms with Gasteiger partial charge in [-0.05, 0) is 76.3 Å². The largest absolute Gasteiger partial charge is 1.00 e. The van der Waals surface area contributed by atoms with Crippen molar-refractivity contribution in [2.75, 3.05) is 19.6 Å². The third-order valence-corrected chi connectivity index (χ3v) is 5.66. The summed E-state index contributed by atoms with van der Waals surface area (Å²) in [5.41, 5.74) is 0. The van der Waals surface area contributed by atoms with E-state index in [1.54, 1.807) is 0 Å². The van der Waals surface area contributed by atoms with Crippen molar-refractivity contribution < 1.29 is 39.5 Å². The molecule has 3 nitrogen and oxygen atoms in total. The number of unbranched alkanes of at least 4 members (excludes halogenated alkanes) is 4. The molecule has 4 heteroatoms. The molecule has 0 aromatic rings. The van der Waals surface area contributed by atoms with Gasteiger partial charge < -0.3 is 9.90 Å². The van der Waals surface area contributed by atoms with Crippen LogP contribution in [0.4, 0.5) is 0 Å². The molecule has 0 rings (SSSR count). The molecule has 30 heavy (non-hydrogen) atoms. The molecule has 0 aromatic heterocycles. The monoisotopic (exact) mass is 429 g/mol. The second-order valence-electron chi connectivity index (χ2n) is 8.82. The van der Waals surface area contributed by atoms with E-state index in [2.05, 4.69) is 56.9 Å². The average molecular weight is 430 g/mol. The van der Waals surface area contributed by atoms with Gasteiger partial charge in [-0.3, -0.25) is 4.90 Å². The minimum absolute atomic E-state index is 0. The van der Waals surface area contributed by atoms with Gasteiger partial charge in [-0.15, -0.1) is 0 Å². The van der Waals surface area contributed by atoms with Gasteiger partial charge in [-0.1, -0.05) is 77.7 Å². The van der Waals surface area contributed by atoms with Crippen molar-refractivity contribution in [3.05, 3.63) is 24.3 Å². The quantitative estimate of drug-likeness (QED) is 0.170. The van der Waals surface area contributed by atoms with Crippen LogP contribution in [-0.2, 0) is 4.79 Å². The van der Waals surface area contributed by atoms with Gasteiger partial charge in [0.25, 0.3) is 0 Å². The van der Waals surface area contributed by atoms with Gasteiger partial charge in [0.2, 0.25) is 0 Å². The number of carboxylic acids is 1. The van der Waals surface area contributed by atoms with Crippen molar-refractivity contribution in [1.82, 2.24) is 4.90 Å². The molecule has 0 aromatic carbocycles. The van der Waals surface area contributed by atoms with Gasteiger partial charge in [0.1, 0.15) is 0 Å². The van der Waals surface area contributed by atoms with Gasteiger partial charge in [0.05, 0.1) is 5.97 Å². The molecule has 0 aliphatic rings. The van der Waals surface area contributed by atoms with Crippen molar-refractivity contribution in [3.8, 4) is 0 Å². The zero-order valence-corrected chi connectivity index (χ0v) is 22.8. The number of nitrogens with zero attached hydrogens (tertiary/aromatic N) is 1. The first-order valence-electron chi connectivity index (χ1n) is 12.2. The van der Waals surface area contributed by atoms with Gasteiger partial charge in [0, 0.05) is 6.54 Å². The van der Waals surface area contributed by atoms with E-state index in [1.165, 1.54) is 51.4 Å². The number of carboxylic acid groups (broad SMARTS) is 1. The number of rotatable bonds is 20. The van der Waals surface area contributed by atoms with Gasteiger partial charge in [0.15, 0.2) is 0 Å². The Balaban J connectivity index is 0. The van der Waals surface area contributed by atoms with Crippen LogP contribution in [-0.4, -0.2) is 30.5 Å². The fourth-order valence-electron chi connectivity index (χ4n) is 3.42. The maximum atomic E-state index is 11.1. The Hall–Kier alpha value is -0.0900. The predicted molar refractivity (Wildman–Crippen MR) is 125 cm³/mol. The fourth-order valence-corrected chi connectivity index (χ4v) is 3.42. The Kier molecular flexibility index (Phi) is 25.2. The van der Waals surface area contributed by atoms with Crippen LogP contribution in [0.1, 0.15) is 105 Å². The smallest absolute Gasteiger partial charge is 0.549 e. The Labute approximate surface area is 210 Å². The molecule has 2 unspecified atom stereocenters. The summed E-state index contributed by atoms with van der Waals surface area (Å²) in [4.78, 5) is 13.2. The molecule has 0 aliphatic heterocycles. The van der Waals surface area contributed by atoms with Gasteiger partial charge in [-0.25, -0.2) is 0 Å². The van der Waals surface area contributed by atoms with Crippen LogP contribution >= 0.6 is 0 Å². The molecule has 0 saturated heterocycles. The summed E-state index contributed by atoms with van der Waals surface area (Å²) in [7, 11) is 0. The summed E-state index contributed by atoms with van der Waals surface area (Å²) in [6, 6.07) is 0. The second-order valence-corrected chi connectivity index (χ2v) is 8.82. The van der Waals surface area contributed by atoms with Crippen LogP contribution in [0.15, 0.2) is 24.3 Å². The minimum Gasteiger partial charge on any atom is -0.549 e. The van der Waals surface area contributed by atoms with E-state index in [-0.39, 0.29) is 36.1 Å². The molecule has 0 heterocycles. The summed E-state index contributed by atoms with van der Waals surface area (Å²) < 4.78 is 0. The summed E-state index contributed by atoms with van der Waals surface area (Å²) in [6.07, 6.45) is 23.4. The molecular formula is C26H48NNaO2. The minimum atomic E-state index is -0.956. The summed E-state index contributed by atoms with van der Waals surface area (Å²) >= 11 is 0. The van der Waals surface area contributed by atoms with E-state index in [0.717, 1.165) is 38.8 Å². The topological polar surface area (TPSA) is 43.4 Å². The van der Waals surface area contributed by atoms with E-state index < -0.39 is 5.97 Å². The van der Waals surface area contributed by atoms with Crippen molar-refractivity contribution in [2.24, 2.45) is 11.8 Å². The van der Waals surface area contributed by atoms with Crippen molar-refractivity contribution in [2.45, 2.75) is 105 Å². The third-order valence-electron chi connectivity index (χ3n) is 5.66.